The van der Waals surface area contributed by atoms with Gasteiger partial charge in [-0.15, -0.1) is 0 Å². The highest BCUT2D eigenvalue weighted by Gasteiger charge is 2.13. The highest BCUT2D eigenvalue weighted by atomic mass is 79.9. The minimum Gasteiger partial charge on any atom is -0.493 e. The topological polar surface area (TPSA) is 26.3 Å². The number of fused-ring (bicyclic) bond motifs is 1. The predicted octanol–water partition coefficient (Wildman–Crippen LogP) is 4.96. The van der Waals surface area contributed by atoms with Crippen LogP contribution in [0, 0.1) is 0 Å². The second kappa shape index (κ2) is 6.32. The molecule has 0 atom stereocenters. The summed E-state index contributed by atoms with van der Waals surface area (Å²) in [5.74, 6) is 1.15. The monoisotopic (exact) mass is 408 g/mol. The van der Waals surface area contributed by atoms with E-state index in [1.807, 2.05) is 30.3 Å². The minimum absolute atomic E-state index is 0.161. The lowest BCUT2D eigenvalue weighted by Gasteiger charge is -2.05. The zero-order valence-corrected chi connectivity index (χ0v) is 14.5. The second-order valence-electron chi connectivity index (χ2n) is 5.12. The summed E-state index contributed by atoms with van der Waals surface area (Å²) in [5, 5.41) is 0. The molecule has 0 fully saturated rings. The van der Waals surface area contributed by atoms with Crippen molar-refractivity contribution in [3.05, 3.63) is 62.0 Å². The van der Waals surface area contributed by atoms with Crippen LogP contribution in [0.15, 0.2) is 45.3 Å². The average Bonchev–Trinajstić information content (AvgIpc) is 2.91. The van der Waals surface area contributed by atoms with Crippen LogP contribution in [0.2, 0.25) is 0 Å². The van der Waals surface area contributed by atoms with E-state index in [2.05, 4.69) is 37.9 Å². The molecular formula is C17H14Br2O2. The van der Waals surface area contributed by atoms with Gasteiger partial charge < -0.3 is 4.74 Å². The van der Waals surface area contributed by atoms with E-state index in [9.17, 15) is 4.79 Å². The van der Waals surface area contributed by atoms with Crippen molar-refractivity contribution in [1.82, 2.24) is 0 Å². The van der Waals surface area contributed by atoms with Crippen LogP contribution in [0.25, 0.3) is 0 Å². The molecule has 1 aliphatic rings. The fraction of sp³-hybridized carbons (Fsp3) is 0.235. The summed E-state index contributed by atoms with van der Waals surface area (Å²) in [4.78, 5) is 12.3. The van der Waals surface area contributed by atoms with Crippen molar-refractivity contribution in [1.29, 1.82) is 0 Å². The molecule has 2 aromatic carbocycles. The van der Waals surface area contributed by atoms with Gasteiger partial charge in [-0.1, -0.05) is 44.0 Å². The zero-order chi connectivity index (χ0) is 14.8. The first-order chi connectivity index (χ1) is 10.1. The third-order valence-corrected chi connectivity index (χ3v) is 4.49. The van der Waals surface area contributed by atoms with Crippen molar-refractivity contribution in [2.45, 2.75) is 19.3 Å². The van der Waals surface area contributed by atoms with E-state index in [-0.39, 0.29) is 5.78 Å². The first kappa shape index (κ1) is 14.8. The van der Waals surface area contributed by atoms with Gasteiger partial charge in [0.05, 0.1) is 6.61 Å². The van der Waals surface area contributed by atoms with Crippen molar-refractivity contribution < 1.29 is 9.53 Å². The van der Waals surface area contributed by atoms with Gasteiger partial charge in [0.2, 0.25) is 0 Å². The lowest BCUT2D eigenvalue weighted by molar-refractivity contribution is 0.0982. The van der Waals surface area contributed by atoms with Gasteiger partial charge in [-0.25, -0.2) is 0 Å². The lowest BCUT2D eigenvalue weighted by Crippen LogP contribution is -2.01. The van der Waals surface area contributed by atoms with E-state index in [0.29, 0.717) is 6.42 Å². The van der Waals surface area contributed by atoms with Crippen LogP contribution in [0.4, 0.5) is 0 Å². The van der Waals surface area contributed by atoms with Crippen molar-refractivity contribution in [2.24, 2.45) is 0 Å². The molecule has 2 aromatic rings. The van der Waals surface area contributed by atoms with Gasteiger partial charge in [-0.3, -0.25) is 4.79 Å². The summed E-state index contributed by atoms with van der Waals surface area (Å²) in [7, 11) is 0. The molecule has 0 saturated carbocycles. The van der Waals surface area contributed by atoms with E-state index in [1.54, 1.807) is 0 Å². The number of ether oxygens (including phenoxy) is 1. The third-order valence-electron chi connectivity index (χ3n) is 3.58. The summed E-state index contributed by atoms with van der Waals surface area (Å²) in [6.07, 6.45) is 2.24. The Balaban J connectivity index is 1.68. The molecule has 21 heavy (non-hydrogen) atoms. The number of benzene rings is 2. The molecule has 3 rings (SSSR count). The SMILES string of the molecule is O=C(CCc1ccc2c(c1)CCO2)c1cc(Br)cc(Br)c1. The van der Waals surface area contributed by atoms with Gasteiger partial charge in [0, 0.05) is 27.4 Å². The third kappa shape index (κ3) is 3.55. The molecule has 0 N–H and O–H groups in total. The standard InChI is InChI=1S/C17H14Br2O2/c18-14-8-13(9-15(19)10-14)16(20)3-1-11-2-4-17-12(7-11)5-6-21-17/h2,4,7-10H,1,3,5-6H2. The van der Waals surface area contributed by atoms with Crippen molar-refractivity contribution >= 4 is 37.6 Å². The van der Waals surface area contributed by atoms with E-state index >= 15 is 0 Å². The van der Waals surface area contributed by atoms with E-state index in [1.165, 1.54) is 11.1 Å². The van der Waals surface area contributed by atoms with Crippen LogP contribution in [-0.2, 0) is 12.8 Å². The van der Waals surface area contributed by atoms with Crippen LogP contribution in [-0.4, -0.2) is 12.4 Å². The second-order valence-corrected chi connectivity index (χ2v) is 6.95. The maximum atomic E-state index is 12.3. The highest BCUT2D eigenvalue weighted by molar-refractivity contribution is 9.11. The molecule has 0 aromatic heterocycles. The number of aryl methyl sites for hydroxylation is 1. The Hall–Kier alpha value is -1.13. The van der Waals surface area contributed by atoms with Crippen LogP contribution >= 0.6 is 31.9 Å². The predicted molar refractivity (Wildman–Crippen MR) is 90.1 cm³/mol. The largest absolute Gasteiger partial charge is 0.493 e. The molecule has 4 heteroatoms. The number of hydrogen-bond donors (Lipinski definition) is 0. The minimum atomic E-state index is 0.161. The number of Topliss-reactive ketones (excluding diaryl/α,β-unsaturated/α-hetero) is 1. The molecule has 0 aliphatic carbocycles. The average molecular weight is 410 g/mol. The van der Waals surface area contributed by atoms with Gasteiger partial charge in [-0.05, 0) is 41.8 Å². The number of rotatable bonds is 4. The maximum Gasteiger partial charge on any atom is 0.163 e. The zero-order valence-electron chi connectivity index (χ0n) is 11.4. The summed E-state index contributed by atoms with van der Waals surface area (Å²) in [6, 6.07) is 11.9. The Labute approximate surface area is 140 Å². The number of ketones is 1. The van der Waals surface area contributed by atoms with Gasteiger partial charge in [-0.2, -0.15) is 0 Å². The number of halogens is 2. The normalized spacial score (nSPS) is 12.9. The van der Waals surface area contributed by atoms with Gasteiger partial charge in [0.1, 0.15) is 5.75 Å². The summed E-state index contributed by atoms with van der Waals surface area (Å²) in [5.41, 5.74) is 3.19. The molecule has 0 bridgehead atoms. The quantitative estimate of drug-likeness (QED) is 0.667. The Morgan fingerprint density at radius 1 is 1.10 bits per heavy atom. The molecular weight excluding hydrogens is 396 g/mol. The Morgan fingerprint density at radius 3 is 2.62 bits per heavy atom. The first-order valence-corrected chi connectivity index (χ1v) is 8.44. The van der Waals surface area contributed by atoms with Crippen molar-refractivity contribution in [3.8, 4) is 5.75 Å². The molecule has 0 radical (unpaired) electrons. The number of hydrogen-bond acceptors (Lipinski definition) is 2. The molecule has 2 nitrogen and oxygen atoms in total. The molecule has 0 unspecified atom stereocenters. The van der Waals surface area contributed by atoms with Gasteiger partial charge in [0.15, 0.2) is 5.78 Å². The van der Waals surface area contributed by atoms with Crippen molar-refractivity contribution in [2.75, 3.05) is 6.61 Å². The molecule has 0 amide bonds. The van der Waals surface area contributed by atoms with Crippen LogP contribution in [0.3, 0.4) is 0 Å². The highest BCUT2D eigenvalue weighted by Crippen LogP contribution is 2.27. The fourth-order valence-electron chi connectivity index (χ4n) is 2.51. The van der Waals surface area contributed by atoms with E-state index in [4.69, 9.17) is 4.74 Å². The molecule has 0 spiro atoms. The first-order valence-electron chi connectivity index (χ1n) is 6.86. The van der Waals surface area contributed by atoms with Crippen LogP contribution < -0.4 is 4.74 Å². The van der Waals surface area contributed by atoms with Gasteiger partial charge in [0.25, 0.3) is 0 Å². The maximum absolute atomic E-state index is 12.3. The lowest BCUT2D eigenvalue weighted by atomic mass is 10.0. The Morgan fingerprint density at radius 2 is 1.86 bits per heavy atom. The number of carbonyl (C=O) groups is 1. The van der Waals surface area contributed by atoms with Crippen LogP contribution in [0.1, 0.15) is 27.9 Å². The van der Waals surface area contributed by atoms with Crippen LogP contribution in [0.5, 0.6) is 5.75 Å². The Bertz CT molecular complexity index is 675. The molecule has 1 heterocycles. The molecule has 108 valence electrons. The van der Waals surface area contributed by atoms with Crippen molar-refractivity contribution in [3.63, 3.8) is 0 Å². The summed E-state index contributed by atoms with van der Waals surface area (Å²) >= 11 is 6.83. The summed E-state index contributed by atoms with van der Waals surface area (Å²) in [6.45, 7) is 0.768. The summed E-state index contributed by atoms with van der Waals surface area (Å²) < 4.78 is 7.32. The van der Waals surface area contributed by atoms with E-state index in [0.717, 1.165) is 39.7 Å². The van der Waals surface area contributed by atoms with Gasteiger partial charge >= 0.3 is 0 Å². The smallest absolute Gasteiger partial charge is 0.163 e. The Kier molecular flexibility index (Phi) is 4.45. The number of carbonyl (C=O) groups excluding carboxylic acids is 1. The molecule has 1 aliphatic heterocycles. The van der Waals surface area contributed by atoms with E-state index < -0.39 is 0 Å². The molecule has 0 saturated heterocycles. The fourth-order valence-corrected chi connectivity index (χ4v) is 3.81.